The number of benzene rings is 2. The molecule has 0 aromatic heterocycles. The second-order valence-corrected chi connectivity index (χ2v) is 9.28. The Morgan fingerprint density at radius 2 is 1.83 bits per heavy atom. The Kier molecular flexibility index (Phi) is 4.25. The van der Waals surface area contributed by atoms with Crippen LogP contribution in [0.15, 0.2) is 54.6 Å². The maximum Gasteiger partial charge on any atom is 0.338 e. The molecule has 2 aromatic rings. The highest BCUT2D eigenvalue weighted by Crippen LogP contribution is 2.63. The van der Waals surface area contributed by atoms with Gasteiger partial charge in [-0.3, -0.25) is 0 Å². The van der Waals surface area contributed by atoms with Crippen molar-refractivity contribution in [2.75, 3.05) is 13.2 Å². The van der Waals surface area contributed by atoms with Gasteiger partial charge in [0.1, 0.15) is 11.4 Å². The molecule has 4 nitrogen and oxygen atoms in total. The zero-order valence-corrected chi connectivity index (χ0v) is 17.3. The number of carbonyl (C=O) groups is 1. The smallest absolute Gasteiger partial charge is 0.338 e. The van der Waals surface area contributed by atoms with Crippen molar-refractivity contribution >= 4 is 5.97 Å². The molecule has 2 aliphatic heterocycles. The van der Waals surface area contributed by atoms with Gasteiger partial charge in [0.25, 0.3) is 0 Å². The van der Waals surface area contributed by atoms with E-state index in [1.807, 2.05) is 36.4 Å². The number of rotatable bonds is 3. The van der Waals surface area contributed by atoms with Gasteiger partial charge in [0.15, 0.2) is 0 Å². The lowest BCUT2D eigenvalue weighted by molar-refractivity contribution is -0.259. The fourth-order valence-electron chi connectivity index (χ4n) is 6.11. The summed E-state index contributed by atoms with van der Waals surface area (Å²) in [6.07, 6.45) is 0.962. The molecule has 0 radical (unpaired) electrons. The summed E-state index contributed by atoms with van der Waals surface area (Å²) in [7, 11) is 0. The molecular weight excluding hydrogens is 364 g/mol. The van der Waals surface area contributed by atoms with Gasteiger partial charge in [-0.1, -0.05) is 50.2 Å². The molecule has 1 aliphatic carbocycles. The van der Waals surface area contributed by atoms with Crippen LogP contribution in [0.5, 0.6) is 5.75 Å². The van der Waals surface area contributed by atoms with E-state index in [1.54, 1.807) is 12.1 Å². The molecule has 5 rings (SSSR count). The van der Waals surface area contributed by atoms with Gasteiger partial charge in [0.05, 0.1) is 24.9 Å². The molecular formula is C25H28O4. The number of esters is 1. The summed E-state index contributed by atoms with van der Waals surface area (Å²) in [5, 5.41) is 0. The largest absolute Gasteiger partial charge is 0.487 e. The van der Waals surface area contributed by atoms with Gasteiger partial charge < -0.3 is 14.2 Å². The first kappa shape index (κ1) is 18.7. The Morgan fingerprint density at radius 1 is 1.10 bits per heavy atom. The van der Waals surface area contributed by atoms with Crippen LogP contribution < -0.4 is 4.74 Å². The van der Waals surface area contributed by atoms with Crippen molar-refractivity contribution in [1.82, 2.24) is 0 Å². The number of para-hydroxylation sites is 1. The van der Waals surface area contributed by atoms with Gasteiger partial charge in [0, 0.05) is 16.9 Å². The van der Waals surface area contributed by atoms with Crippen molar-refractivity contribution < 1.29 is 19.0 Å². The Morgan fingerprint density at radius 3 is 2.62 bits per heavy atom. The minimum atomic E-state index is -0.273. The molecule has 1 saturated carbocycles. The molecule has 0 spiro atoms. The standard InChI is InChI=1S/C25H28O4/c1-16-13-24(3)21-17(2)25(16,15-28-23(26)18-9-5-4-6-10-18)14-27-22(21)19-11-7-8-12-20(19)29-24/h4-12,16-17,21-22H,13-15H2,1-3H3/t16?,17-,21?,22?,24?,25?/m0/s1. The van der Waals surface area contributed by atoms with Crippen LogP contribution in [0.2, 0.25) is 0 Å². The quantitative estimate of drug-likeness (QED) is 0.686. The van der Waals surface area contributed by atoms with E-state index in [0.29, 0.717) is 30.6 Å². The SMILES string of the molecule is CC1CC2(C)Oc3ccccc3C3OCC1(COC(=O)c1ccccc1)[C@@H](C)C32. The van der Waals surface area contributed by atoms with E-state index in [2.05, 4.69) is 26.8 Å². The van der Waals surface area contributed by atoms with Crippen LogP contribution in [0.1, 0.15) is 49.2 Å². The van der Waals surface area contributed by atoms with E-state index in [0.717, 1.165) is 17.7 Å². The third-order valence-corrected chi connectivity index (χ3v) is 7.75. The van der Waals surface area contributed by atoms with Gasteiger partial charge in [-0.25, -0.2) is 4.79 Å². The van der Waals surface area contributed by atoms with E-state index in [4.69, 9.17) is 14.2 Å². The average Bonchev–Trinajstić information content (AvgIpc) is 2.72. The Hall–Kier alpha value is -2.33. The summed E-state index contributed by atoms with van der Waals surface area (Å²) in [6.45, 7) is 7.75. The fraction of sp³-hybridized carbons (Fsp3) is 0.480. The van der Waals surface area contributed by atoms with Crippen LogP contribution in [0.3, 0.4) is 0 Å². The monoisotopic (exact) mass is 392 g/mol. The first-order chi connectivity index (χ1) is 13.9. The predicted molar refractivity (Wildman–Crippen MR) is 110 cm³/mol. The van der Waals surface area contributed by atoms with E-state index < -0.39 is 0 Å². The second-order valence-electron chi connectivity index (χ2n) is 9.28. The van der Waals surface area contributed by atoms with Crippen molar-refractivity contribution in [2.45, 2.75) is 38.9 Å². The van der Waals surface area contributed by atoms with Crippen LogP contribution in [-0.4, -0.2) is 24.8 Å². The molecule has 2 fully saturated rings. The van der Waals surface area contributed by atoms with Crippen LogP contribution in [0.25, 0.3) is 0 Å². The lowest BCUT2D eigenvalue weighted by Gasteiger charge is -2.63. The molecule has 152 valence electrons. The molecule has 0 N–H and O–H groups in total. The summed E-state index contributed by atoms with van der Waals surface area (Å²) in [5.74, 6) is 1.54. The Bertz CT molecular complexity index is 925. The normalized spacial score (nSPS) is 37.2. The van der Waals surface area contributed by atoms with Crippen LogP contribution >= 0.6 is 0 Å². The Labute approximate surface area is 172 Å². The van der Waals surface area contributed by atoms with Crippen LogP contribution in [-0.2, 0) is 9.47 Å². The van der Waals surface area contributed by atoms with Gasteiger partial charge >= 0.3 is 5.97 Å². The number of fused-ring (bicyclic) bond motifs is 3. The maximum atomic E-state index is 12.6. The molecule has 29 heavy (non-hydrogen) atoms. The van der Waals surface area contributed by atoms with Gasteiger partial charge in [-0.15, -0.1) is 0 Å². The van der Waals surface area contributed by atoms with Crippen LogP contribution in [0, 0.1) is 23.2 Å². The zero-order chi connectivity index (χ0) is 20.2. The highest BCUT2D eigenvalue weighted by atomic mass is 16.5. The third-order valence-electron chi connectivity index (χ3n) is 7.75. The molecule has 3 aliphatic rings. The highest BCUT2D eigenvalue weighted by Gasteiger charge is 2.64. The van der Waals surface area contributed by atoms with E-state index >= 15 is 0 Å². The van der Waals surface area contributed by atoms with Crippen molar-refractivity contribution in [1.29, 1.82) is 0 Å². The summed E-state index contributed by atoms with van der Waals surface area (Å²) in [4.78, 5) is 12.6. The van der Waals surface area contributed by atoms with E-state index in [1.165, 1.54) is 0 Å². The molecule has 1 saturated heterocycles. The summed E-state index contributed by atoms with van der Waals surface area (Å²) >= 11 is 0. The van der Waals surface area contributed by atoms with Crippen molar-refractivity contribution in [3.05, 3.63) is 65.7 Å². The first-order valence-electron chi connectivity index (χ1n) is 10.6. The van der Waals surface area contributed by atoms with Crippen LogP contribution in [0.4, 0.5) is 0 Å². The number of hydrogen-bond donors (Lipinski definition) is 0. The maximum absolute atomic E-state index is 12.6. The number of hydrogen-bond acceptors (Lipinski definition) is 4. The van der Waals surface area contributed by atoms with Crippen molar-refractivity contribution in [2.24, 2.45) is 23.2 Å². The lowest BCUT2D eigenvalue weighted by Crippen LogP contribution is -2.66. The molecule has 6 atom stereocenters. The van der Waals surface area contributed by atoms with E-state index in [-0.39, 0.29) is 29.0 Å². The minimum Gasteiger partial charge on any atom is -0.487 e. The van der Waals surface area contributed by atoms with Gasteiger partial charge in [-0.2, -0.15) is 0 Å². The molecule has 5 unspecified atom stereocenters. The fourth-order valence-corrected chi connectivity index (χ4v) is 6.11. The molecule has 2 bridgehead atoms. The molecule has 2 heterocycles. The number of ether oxygens (including phenoxy) is 3. The summed E-state index contributed by atoms with van der Waals surface area (Å²) in [5.41, 5.74) is 1.27. The van der Waals surface area contributed by atoms with Crippen molar-refractivity contribution in [3.63, 3.8) is 0 Å². The lowest BCUT2D eigenvalue weighted by atomic mass is 9.50. The average molecular weight is 392 g/mol. The van der Waals surface area contributed by atoms with Gasteiger partial charge in [-0.05, 0) is 43.4 Å². The van der Waals surface area contributed by atoms with Crippen molar-refractivity contribution in [3.8, 4) is 5.75 Å². The van der Waals surface area contributed by atoms with E-state index in [9.17, 15) is 4.79 Å². The highest BCUT2D eigenvalue weighted by molar-refractivity contribution is 5.89. The third kappa shape index (κ3) is 2.72. The molecule has 2 aromatic carbocycles. The van der Waals surface area contributed by atoms with Gasteiger partial charge in [0.2, 0.25) is 0 Å². The topological polar surface area (TPSA) is 44.8 Å². The first-order valence-corrected chi connectivity index (χ1v) is 10.6. The second kappa shape index (κ2) is 6.60. The zero-order valence-electron chi connectivity index (χ0n) is 17.3. The molecule has 0 amide bonds. The molecule has 4 heteroatoms. The summed E-state index contributed by atoms with van der Waals surface area (Å²) < 4.78 is 18.9. The Balaban J connectivity index is 1.44. The predicted octanol–water partition coefficient (Wildman–Crippen LogP) is 5.04. The number of carbonyl (C=O) groups excluding carboxylic acids is 1. The summed E-state index contributed by atoms with van der Waals surface area (Å²) in [6, 6.07) is 17.4. The minimum absolute atomic E-state index is 0.0328.